The van der Waals surface area contributed by atoms with Crippen LogP contribution in [0.3, 0.4) is 0 Å². The van der Waals surface area contributed by atoms with Gasteiger partial charge < -0.3 is 38.8 Å². The van der Waals surface area contributed by atoms with Crippen molar-refractivity contribution in [1.82, 2.24) is 10.3 Å². The number of aromatic hydroxyl groups is 1. The molecule has 10 heteroatoms. The molecule has 1 amide bonds. The molecule has 6 rings (SSSR count). The number of ether oxygens (including phenoxy) is 4. The normalized spacial score (nSPS) is 12.9. The Labute approximate surface area is 234 Å². The topological polar surface area (TPSA) is 132 Å². The van der Waals surface area contributed by atoms with Crippen LogP contribution >= 0.6 is 0 Å². The predicted molar refractivity (Wildman–Crippen MR) is 151 cm³/mol. The molecule has 0 spiro atoms. The van der Waals surface area contributed by atoms with Crippen molar-refractivity contribution < 1.29 is 33.3 Å². The number of benzene rings is 3. The van der Waals surface area contributed by atoms with Gasteiger partial charge in [0.25, 0.3) is 0 Å². The maximum Gasteiger partial charge on any atom is 0.343 e. The number of amides is 1. The van der Waals surface area contributed by atoms with Gasteiger partial charge in [0.2, 0.25) is 24.2 Å². The van der Waals surface area contributed by atoms with Crippen molar-refractivity contribution in [1.29, 1.82) is 0 Å². The summed E-state index contributed by atoms with van der Waals surface area (Å²) in [4.78, 5) is 30.0. The van der Waals surface area contributed by atoms with Crippen molar-refractivity contribution in [2.75, 3.05) is 27.6 Å². The highest BCUT2D eigenvalue weighted by Crippen LogP contribution is 2.53. The lowest BCUT2D eigenvalue weighted by molar-refractivity contribution is -0.121. The molecule has 10 nitrogen and oxygen atoms in total. The molecule has 3 aromatic carbocycles. The van der Waals surface area contributed by atoms with E-state index in [4.69, 9.17) is 23.4 Å². The number of nitrogens with one attached hydrogen (secondary N) is 2. The van der Waals surface area contributed by atoms with Gasteiger partial charge in [-0.2, -0.15) is 0 Å². The van der Waals surface area contributed by atoms with E-state index in [1.165, 1.54) is 14.2 Å². The number of rotatable bonds is 9. The fourth-order valence-electron chi connectivity index (χ4n) is 5.41. The lowest BCUT2D eigenvalue weighted by Crippen LogP contribution is -2.28. The van der Waals surface area contributed by atoms with Gasteiger partial charge in [-0.1, -0.05) is 30.3 Å². The lowest BCUT2D eigenvalue weighted by Gasteiger charge is -2.22. The summed E-state index contributed by atoms with van der Waals surface area (Å²) >= 11 is 0. The monoisotopic (exact) mass is 556 g/mol. The van der Waals surface area contributed by atoms with Crippen molar-refractivity contribution in [2.24, 2.45) is 0 Å². The van der Waals surface area contributed by atoms with E-state index in [-0.39, 0.29) is 47.5 Å². The van der Waals surface area contributed by atoms with E-state index in [2.05, 4.69) is 10.3 Å². The largest absolute Gasteiger partial charge is 0.507 e. The molecule has 0 fully saturated rings. The smallest absolute Gasteiger partial charge is 0.343 e. The maximum atomic E-state index is 13.4. The fourth-order valence-corrected chi connectivity index (χ4v) is 5.41. The van der Waals surface area contributed by atoms with Crippen LogP contribution in [0.4, 0.5) is 0 Å². The van der Waals surface area contributed by atoms with Crippen LogP contribution in [0.15, 0.2) is 70.0 Å². The molecule has 3 N–H and O–H groups in total. The van der Waals surface area contributed by atoms with Crippen LogP contribution in [0.5, 0.6) is 28.7 Å². The summed E-state index contributed by atoms with van der Waals surface area (Å²) in [5.41, 5.74) is 1.89. The number of carbonyl (C=O) groups excluding carboxylic acids is 1. The van der Waals surface area contributed by atoms with E-state index >= 15 is 0 Å². The lowest BCUT2D eigenvalue weighted by atomic mass is 9.86. The minimum absolute atomic E-state index is 0.0478. The van der Waals surface area contributed by atoms with Crippen LogP contribution in [0.1, 0.15) is 29.0 Å². The zero-order chi connectivity index (χ0) is 28.5. The highest BCUT2D eigenvalue weighted by atomic mass is 16.7. The number of fused-ring (bicyclic) bond motifs is 3. The van der Waals surface area contributed by atoms with Gasteiger partial charge in [0.1, 0.15) is 11.3 Å². The molecule has 0 unspecified atom stereocenters. The molecule has 3 heterocycles. The average molecular weight is 557 g/mol. The van der Waals surface area contributed by atoms with Gasteiger partial charge in [-0.15, -0.1) is 0 Å². The Bertz CT molecular complexity index is 1820. The second-order valence-electron chi connectivity index (χ2n) is 9.63. The quantitative estimate of drug-likeness (QED) is 0.224. The van der Waals surface area contributed by atoms with Crippen molar-refractivity contribution in [2.45, 2.75) is 18.8 Å². The second-order valence-corrected chi connectivity index (χ2v) is 9.63. The van der Waals surface area contributed by atoms with Crippen LogP contribution in [0.25, 0.3) is 21.9 Å². The van der Waals surface area contributed by atoms with Crippen molar-refractivity contribution >= 4 is 27.8 Å². The number of methoxy groups -OCH3 is 2. The summed E-state index contributed by atoms with van der Waals surface area (Å²) < 4.78 is 28.0. The minimum atomic E-state index is -0.970. The predicted octanol–water partition coefficient (Wildman–Crippen LogP) is 4.61. The summed E-state index contributed by atoms with van der Waals surface area (Å²) in [5.74, 6) is -0.333. The summed E-state index contributed by atoms with van der Waals surface area (Å²) in [7, 11) is 2.93. The maximum absolute atomic E-state index is 13.4. The first-order chi connectivity index (χ1) is 20.0. The first-order valence-electron chi connectivity index (χ1n) is 13.1. The summed E-state index contributed by atoms with van der Waals surface area (Å²) in [6.45, 7) is 0.321. The number of hydrogen-bond donors (Lipinski definition) is 3. The first kappa shape index (κ1) is 26.1. The van der Waals surface area contributed by atoms with E-state index in [1.54, 1.807) is 30.3 Å². The second kappa shape index (κ2) is 10.8. The van der Waals surface area contributed by atoms with Crippen LogP contribution in [-0.2, 0) is 11.2 Å². The van der Waals surface area contributed by atoms with Gasteiger partial charge in [0.15, 0.2) is 11.5 Å². The number of carbonyl (C=O) groups is 1. The molecule has 0 bridgehead atoms. The highest BCUT2D eigenvalue weighted by molar-refractivity contribution is 5.86. The Morgan fingerprint density at radius 2 is 1.80 bits per heavy atom. The Kier molecular flexibility index (Phi) is 6.88. The van der Waals surface area contributed by atoms with Crippen molar-refractivity contribution in [3.63, 3.8) is 0 Å². The van der Waals surface area contributed by atoms with Gasteiger partial charge in [0, 0.05) is 41.5 Å². The summed E-state index contributed by atoms with van der Waals surface area (Å²) in [6, 6.07) is 16.3. The number of aromatic nitrogens is 1. The Morgan fingerprint density at radius 3 is 2.61 bits per heavy atom. The van der Waals surface area contributed by atoms with E-state index in [9.17, 15) is 14.7 Å². The molecule has 210 valence electrons. The Morgan fingerprint density at radius 1 is 1.05 bits per heavy atom. The van der Waals surface area contributed by atoms with E-state index in [0.29, 0.717) is 35.4 Å². The van der Waals surface area contributed by atoms with Crippen LogP contribution in [0, 0.1) is 0 Å². The van der Waals surface area contributed by atoms with Crippen molar-refractivity contribution in [3.8, 4) is 28.7 Å². The fraction of sp³-hybridized carbons (Fsp3) is 0.226. The van der Waals surface area contributed by atoms with E-state index in [1.807, 2.05) is 30.5 Å². The van der Waals surface area contributed by atoms with Crippen LogP contribution < -0.4 is 29.9 Å². The SMILES string of the molecule is COc1cc([C@H](CC(=O)NCCc2c[nH]c3ccccc23)c2c(O)c3ccccc3oc2=O)c(OC)c2c1OCO2. The molecular weight excluding hydrogens is 528 g/mol. The number of aromatic amines is 1. The third-order valence-electron chi connectivity index (χ3n) is 7.34. The minimum Gasteiger partial charge on any atom is -0.507 e. The molecule has 0 saturated carbocycles. The highest BCUT2D eigenvalue weighted by Gasteiger charge is 2.35. The first-order valence-corrected chi connectivity index (χ1v) is 13.1. The molecule has 0 saturated heterocycles. The molecule has 1 atom stereocenters. The molecule has 1 aliphatic heterocycles. The molecule has 5 aromatic rings. The zero-order valence-corrected chi connectivity index (χ0v) is 22.5. The molecule has 0 radical (unpaired) electrons. The van der Waals surface area contributed by atoms with Crippen LogP contribution in [0.2, 0.25) is 0 Å². The number of para-hydroxylation sites is 2. The van der Waals surface area contributed by atoms with Gasteiger partial charge in [-0.25, -0.2) is 4.79 Å². The average Bonchev–Trinajstić information content (AvgIpc) is 3.64. The Hall–Kier alpha value is -5.12. The molecule has 0 aliphatic carbocycles. The number of H-pyrrole nitrogens is 1. The standard InChI is InChI=1S/C31H28N2O8/c1-37-24-13-21(28(38-2)30-29(24)39-16-40-30)20(26-27(35)19-8-4-6-10-23(19)41-31(26)36)14-25(34)32-12-11-17-15-33-22-9-5-3-7-18(17)22/h3-10,13,15,20,33,35H,11-12,14,16H2,1-2H3,(H,32,34)/t20-/m0/s1. The van der Waals surface area contributed by atoms with Gasteiger partial charge in [-0.05, 0) is 36.2 Å². The van der Waals surface area contributed by atoms with E-state index < -0.39 is 11.5 Å². The van der Waals surface area contributed by atoms with Crippen LogP contribution in [-0.4, -0.2) is 43.6 Å². The third-order valence-corrected chi connectivity index (χ3v) is 7.34. The Balaban J connectivity index is 1.38. The van der Waals surface area contributed by atoms with Crippen molar-refractivity contribution in [3.05, 3.63) is 87.9 Å². The van der Waals surface area contributed by atoms with Gasteiger partial charge in [-0.3, -0.25) is 4.79 Å². The molecule has 2 aromatic heterocycles. The number of hydrogen-bond acceptors (Lipinski definition) is 8. The molecule has 1 aliphatic rings. The zero-order valence-electron chi connectivity index (χ0n) is 22.5. The van der Waals surface area contributed by atoms with Gasteiger partial charge in [0.05, 0.1) is 25.2 Å². The molecule has 41 heavy (non-hydrogen) atoms. The van der Waals surface area contributed by atoms with E-state index in [0.717, 1.165) is 16.5 Å². The summed E-state index contributed by atoms with van der Waals surface area (Å²) in [5, 5.41) is 15.7. The molecular formula is C31H28N2O8. The summed E-state index contributed by atoms with van der Waals surface area (Å²) in [6.07, 6.45) is 2.34. The third kappa shape index (κ3) is 4.67. The van der Waals surface area contributed by atoms with Gasteiger partial charge >= 0.3 is 5.63 Å².